The monoisotopic (exact) mass is 314 g/mol. The smallest absolute Gasteiger partial charge is 0.303 e. The van der Waals surface area contributed by atoms with E-state index in [1.165, 1.54) is 44.9 Å². The van der Waals surface area contributed by atoms with Crippen molar-refractivity contribution < 1.29 is 9.90 Å². The molecule has 0 amide bonds. The Morgan fingerprint density at radius 3 is 1.90 bits per heavy atom. The van der Waals surface area contributed by atoms with Gasteiger partial charge < -0.3 is 5.11 Å². The molecule has 0 aliphatic heterocycles. The Kier molecular flexibility index (Phi) is 20.8. The van der Waals surface area contributed by atoms with Crippen molar-refractivity contribution in [2.24, 2.45) is 0 Å². The zero-order chi connectivity index (χ0) is 14.9. The topological polar surface area (TPSA) is 37.3 Å². The van der Waals surface area contributed by atoms with Crippen molar-refractivity contribution in [3.8, 4) is 0 Å². The van der Waals surface area contributed by atoms with Crippen LogP contribution in [0.2, 0.25) is 0 Å². The fourth-order valence-electron chi connectivity index (χ4n) is 2.09. The zero-order valence-corrected chi connectivity index (χ0v) is 14.7. The Labute approximate surface area is 138 Å². The molecule has 0 radical (unpaired) electrons. The minimum atomic E-state index is -0.671. The number of carbonyl (C=O) groups is 1. The minimum absolute atomic E-state index is 0. The third-order valence-electron chi connectivity index (χ3n) is 3.34. The summed E-state index contributed by atoms with van der Waals surface area (Å²) in [6, 6.07) is 0. The molecule has 124 valence electrons. The van der Waals surface area contributed by atoms with E-state index in [9.17, 15) is 4.79 Å². The lowest BCUT2D eigenvalue weighted by atomic mass is 10.1. The van der Waals surface area contributed by atoms with Gasteiger partial charge in [-0.25, -0.2) is 0 Å². The van der Waals surface area contributed by atoms with Crippen LogP contribution in [0.4, 0.5) is 0 Å². The first-order valence-electron chi connectivity index (χ1n) is 8.29. The summed E-state index contributed by atoms with van der Waals surface area (Å²) in [5, 5.41) is 8.50. The predicted octanol–water partition coefficient (Wildman–Crippen LogP) is 6.00. The first-order chi connectivity index (χ1) is 9.77. The summed E-state index contributed by atoms with van der Waals surface area (Å²) in [5.41, 5.74) is 0. The van der Waals surface area contributed by atoms with Gasteiger partial charge in [0.25, 0.3) is 0 Å². The summed E-state index contributed by atoms with van der Waals surface area (Å²) >= 11 is 0. The number of rotatable bonds is 14. The Hall–Kier alpha value is -0.700. The molecule has 0 unspecified atom stereocenters. The molecule has 0 aliphatic carbocycles. The van der Waals surface area contributed by atoms with Crippen molar-refractivity contribution in [1.82, 2.24) is 0 Å². The van der Waals surface area contributed by atoms with Crippen molar-refractivity contribution in [2.75, 3.05) is 0 Å². The van der Waals surface area contributed by atoms with Crippen molar-refractivity contribution in [1.29, 1.82) is 0 Å². The van der Waals surface area contributed by atoms with Gasteiger partial charge in [-0.2, -0.15) is 13.5 Å². The Morgan fingerprint density at radius 2 is 1.33 bits per heavy atom. The fourth-order valence-corrected chi connectivity index (χ4v) is 2.09. The molecule has 0 rings (SSSR count). The predicted molar refractivity (Wildman–Crippen MR) is 97.4 cm³/mol. The summed E-state index contributed by atoms with van der Waals surface area (Å²) in [6.45, 7) is 2.23. The molecule has 0 saturated carbocycles. The SMILES string of the molecule is CCCCC/C=C\C/C=C\CCCCCCCC(=O)O.S. The van der Waals surface area contributed by atoms with Gasteiger partial charge in [-0.1, -0.05) is 63.3 Å². The lowest BCUT2D eigenvalue weighted by Gasteiger charge is -1.98. The maximum atomic E-state index is 10.3. The number of aliphatic carboxylic acids is 1. The van der Waals surface area contributed by atoms with E-state index in [0.29, 0.717) is 6.42 Å². The second kappa shape index (κ2) is 19.3. The van der Waals surface area contributed by atoms with E-state index in [1.54, 1.807) is 0 Å². The normalized spacial score (nSPS) is 11.1. The van der Waals surface area contributed by atoms with Gasteiger partial charge in [-0.15, -0.1) is 0 Å². The molecule has 0 saturated heterocycles. The van der Waals surface area contributed by atoms with Gasteiger partial charge in [-0.3, -0.25) is 4.79 Å². The Balaban J connectivity index is 0. The Bertz CT molecular complexity index is 272. The van der Waals surface area contributed by atoms with Crippen LogP contribution in [0.3, 0.4) is 0 Å². The molecule has 0 heterocycles. The van der Waals surface area contributed by atoms with Crippen molar-refractivity contribution in [2.45, 2.75) is 84.0 Å². The molecule has 0 aromatic rings. The van der Waals surface area contributed by atoms with Crippen LogP contribution in [0.15, 0.2) is 24.3 Å². The molecule has 0 aromatic heterocycles. The summed E-state index contributed by atoms with van der Waals surface area (Å²) in [6.07, 6.45) is 22.3. The van der Waals surface area contributed by atoms with Crippen LogP contribution in [0.25, 0.3) is 0 Å². The maximum absolute atomic E-state index is 10.3. The first kappa shape index (κ1) is 22.6. The van der Waals surface area contributed by atoms with Gasteiger partial charge in [0.2, 0.25) is 0 Å². The number of carboxylic acids is 1. The zero-order valence-electron chi connectivity index (χ0n) is 13.7. The number of unbranched alkanes of at least 4 members (excludes halogenated alkanes) is 8. The molecule has 2 nitrogen and oxygen atoms in total. The van der Waals surface area contributed by atoms with Gasteiger partial charge in [0.1, 0.15) is 0 Å². The van der Waals surface area contributed by atoms with Crippen LogP contribution in [0.5, 0.6) is 0 Å². The van der Waals surface area contributed by atoms with E-state index in [0.717, 1.165) is 25.7 Å². The molecule has 1 N–H and O–H groups in total. The van der Waals surface area contributed by atoms with Crippen molar-refractivity contribution in [3.05, 3.63) is 24.3 Å². The van der Waals surface area contributed by atoms with Gasteiger partial charge in [-0.05, 0) is 38.5 Å². The van der Waals surface area contributed by atoms with E-state index < -0.39 is 5.97 Å². The lowest BCUT2D eigenvalue weighted by Crippen LogP contribution is -1.93. The number of hydrogen-bond acceptors (Lipinski definition) is 1. The highest BCUT2D eigenvalue weighted by Crippen LogP contribution is 2.08. The summed E-state index contributed by atoms with van der Waals surface area (Å²) < 4.78 is 0. The third kappa shape index (κ3) is 21.7. The number of carboxylic acid groups (broad SMARTS) is 1. The van der Waals surface area contributed by atoms with Gasteiger partial charge in [0.05, 0.1) is 0 Å². The summed E-state index contributed by atoms with van der Waals surface area (Å²) in [7, 11) is 0. The average molecular weight is 315 g/mol. The van der Waals surface area contributed by atoms with Crippen LogP contribution in [-0.4, -0.2) is 11.1 Å². The van der Waals surface area contributed by atoms with Crippen LogP contribution < -0.4 is 0 Å². The maximum Gasteiger partial charge on any atom is 0.303 e. The van der Waals surface area contributed by atoms with E-state index >= 15 is 0 Å². The third-order valence-corrected chi connectivity index (χ3v) is 3.34. The largest absolute Gasteiger partial charge is 0.481 e. The van der Waals surface area contributed by atoms with Crippen LogP contribution in [-0.2, 0) is 4.79 Å². The van der Waals surface area contributed by atoms with Crippen LogP contribution in [0.1, 0.15) is 84.0 Å². The molecule has 21 heavy (non-hydrogen) atoms. The van der Waals surface area contributed by atoms with E-state index in [1.807, 2.05) is 0 Å². The van der Waals surface area contributed by atoms with E-state index in [4.69, 9.17) is 5.11 Å². The highest BCUT2D eigenvalue weighted by molar-refractivity contribution is 7.59. The fraction of sp³-hybridized carbons (Fsp3) is 0.722. The standard InChI is InChI=1S/C18H32O2.H2S/c1-2-3-4-5-6-7-8-9-10-11-12-13-14-15-16-17-18(19)20;/h6-7,9-10H,2-5,8,11-17H2,1H3,(H,19,20);1H2/b7-6-,10-9-;. The molecule has 0 spiro atoms. The lowest BCUT2D eigenvalue weighted by molar-refractivity contribution is -0.137. The van der Waals surface area contributed by atoms with Gasteiger partial charge in [0.15, 0.2) is 0 Å². The van der Waals surface area contributed by atoms with Crippen molar-refractivity contribution >= 4 is 19.5 Å². The molecule has 3 heteroatoms. The minimum Gasteiger partial charge on any atom is -0.481 e. The van der Waals surface area contributed by atoms with E-state index in [2.05, 4.69) is 31.2 Å². The van der Waals surface area contributed by atoms with Crippen LogP contribution in [0, 0.1) is 0 Å². The molecule has 0 aliphatic rings. The van der Waals surface area contributed by atoms with Crippen molar-refractivity contribution in [3.63, 3.8) is 0 Å². The van der Waals surface area contributed by atoms with Gasteiger partial charge >= 0.3 is 5.97 Å². The molecule has 0 bridgehead atoms. The first-order valence-corrected chi connectivity index (χ1v) is 8.29. The molecule has 0 fully saturated rings. The van der Waals surface area contributed by atoms with E-state index in [-0.39, 0.29) is 13.5 Å². The highest BCUT2D eigenvalue weighted by Gasteiger charge is 1.95. The summed E-state index contributed by atoms with van der Waals surface area (Å²) in [5.74, 6) is -0.671. The molecular weight excluding hydrogens is 280 g/mol. The number of hydrogen-bond donors (Lipinski definition) is 1. The Morgan fingerprint density at radius 1 is 0.810 bits per heavy atom. The quantitative estimate of drug-likeness (QED) is 0.315. The molecule has 0 aromatic carbocycles. The summed E-state index contributed by atoms with van der Waals surface area (Å²) in [4.78, 5) is 10.3. The van der Waals surface area contributed by atoms with Crippen LogP contribution >= 0.6 is 13.5 Å². The average Bonchev–Trinajstić information content (AvgIpc) is 2.43. The molecule has 0 atom stereocenters. The second-order valence-corrected chi connectivity index (χ2v) is 5.37. The second-order valence-electron chi connectivity index (χ2n) is 5.37. The molecular formula is C18H34O2S. The highest BCUT2D eigenvalue weighted by atomic mass is 32.1. The van der Waals surface area contributed by atoms with Gasteiger partial charge in [0, 0.05) is 6.42 Å². The number of allylic oxidation sites excluding steroid dienone is 4.